The maximum absolute atomic E-state index is 12.1. The van der Waals surface area contributed by atoms with Crippen LogP contribution >= 0.6 is 0 Å². The molecule has 1 N–H and O–H groups in total. The number of quaternary nitrogens is 1. The number of carbonyl (C=O) groups is 1. The molecule has 1 atom stereocenters. The minimum Gasteiger partial charge on any atom is -0.494 e. The zero-order valence-electron chi connectivity index (χ0n) is 12.8. The van der Waals surface area contributed by atoms with Crippen molar-refractivity contribution < 1.29 is 23.9 Å². The average Bonchev–Trinajstić information content (AvgIpc) is 2.49. The zero-order chi connectivity index (χ0) is 15.1. The molecule has 0 amide bonds. The van der Waals surface area contributed by atoms with E-state index in [1.165, 1.54) is 4.90 Å². The summed E-state index contributed by atoms with van der Waals surface area (Å²) in [5, 5.41) is 0. The van der Waals surface area contributed by atoms with Gasteiger partial charge in [-0.25, -0.2) is 4.79 Å². The van der Waals surface area contributed by atoms with Gasteiger partial charge in [0.1, 0.15) is 31.5 Å². The van der Waals surface area contributed by atoms with Crippen LogP contribution in [0.3, 0.4) is 0 Å². The third-order valence-electron chi connectivity index (χ3n) is 3.49. The third-order valence-corrected chi connectivity index (χ3v) is 3.49. The maximum Gasteiger partial charge on any atom is 0.338 e. The van der Waals surface area contributed by atoms with Crippen LogP contribution in [0.5, 0.6) is 5.75 Å². The Morgan fingerprint density at radius 2 is 1.95 bits per heavy atom. The molecule has 0 saturated carbocycles. The summed E-state index contributed by atoms with van der Waals surface area (Å²) in [6.07, 6.45) is -0.0998. The Balaban J connectivity index is 1.82. The van der Waals surface area contributed by atoms with Crippen molar-refractivity contribution >= 4 is 5.97 Å². The van der Waals surface area contributed by atoms with Gasteiger partial charge in [0.05, 0.1) is 25.4 Å². The highest BCUT2D eigenvalue weighted by atomic mass is 16.5. The van der Waals surface area contributed by atoms with Gasteiger partial charge in [-0.15, -0.1) is 0 Å². The number of hydrogen-bond donors (Lipinski definition) is 1. The normalized spacial score (nSPS) is 17.2. The Morgan fingerprint density at radius 1 is 1.29 bits per heavy atom. The average molecular weight is 294 g/mol. The third kappa shape index (κ3) is 5.02. The molecule has 2 rings (SSSR count). The van der Waals surface area contributed by atoms with Gasteiger partial charge in [-0.1, -0.05) is 0 Å². The first-order chi connectivity index (χ1) is 10.2. The number of ether oxygens (including phenoxy) is 3. The van der Waals surface area contributed by atoms with Crippen molar-refractivity contribution in [3.63, 3.8) is 0 Å². The molecule has 0 bridgehead atoms. The highest BCUT2D eigenvalue weighted by Gasteiger charge is 2.20. The van der Waals surface area contributed by atoms with E-state index in [0.717, 1.165) is 38.6 Å². The van der Waals surface area contributed by atoms with Gasteiger partial charge < -0.3 is 19.1 Å². The van der Waals surface area contributed by atoms with E-state index in [9.17, 15) is 4.79 Å². The predicted octanol–water partition coefficient (Wildman–Crippen LogP) is 0.546. The first-order valence-corrected chi connectivity index (χ1v) is 7.54. The predicted molar refractivity (Wildman–Crippen MR) is 78.9 cm³/mol. The monoisotopic (exact) mass is 294 g/mol. The molecule has 1 aliphatic rings. The van der Waals surface area contributed by atoms with Gasteiger partial charge >= 0.3 is 5.97 Å². The first-order valence-electron chi connectivity index (χ1n) is 7.54. The number of esters is 1. The van der Waals surface area contributed by atoms with E-state index in [0.29, 0.717) is 12.2 Å². The van der Waals surface area contributed by atoms with Crippen LogP contribution in [0.1, 0.15) is 24.2 Å². The quantitative estimate of drug-likeness (QED) is 0.778. The Labute approximate surface area is 125 Å². The van der Waals surface area contributed by atoms with Crippen molar-refractivity contribution in [3.05, 3.63) is 29.8 Å². The smallest absolute Gasteiger partial charge is 0.338 e. The fraction of sp³-hybridized carbons (Fsp3) is 0.562. The van der Waals surface area contributed by atoms with Crippen LogP contribution in [-0.2, 0) is 9.47 Å². The second-order valence-corrected chi connectivity index (χ2v) is 5.24. The molecule has 5 heteroatoms. The minimum atomic E-state index is -0.279. The fourth-order valence-electron chi connectivity index (χ4n) is 2.42. The van der Waals surface area contributed by atoms with E-state index in [-0.39, 0.29) is 12.1 Å². The molecule has 0 unspecified atom stereocenters. The molecule has 21 heavy (non-hydrogen) atoms. The summed E-state index contributed by atoms with van der Waals surface area (Å²) in [5.74, 6) is 0.484. The molecule has 0 aliphatic carbocycles. The summed E-state index contributed by atoms with van der Waals surface area (Å²) < 4.78 is 16.2. The number of hydrogen-bond acceptors (Lipinski definition) is 4. The summed E-state index contributed by atoms with van der Waals surface area (Å²) in [5.41, 5.74) is 0.558. The maximum atomic E-state index is 12.1. The summed E-state index contributed by atoms with van der Waals surface area (Å²) in [6.45, 7) is 8.84. The van der Waals surface area contributed by atoms with Gasteiger partial charge in [0, 0.05) is 0 Å². The molecule has 1 aromatic rings. The van der Waals surface area contributed by atoms with E-state index >= 15 is 0 Å². The molecular formula is C16H24NO4+. The Hall–Kier alpha value is -1.59. The zero-order valence-corrected chi connectivity index (χ0v) is 12.8. The topological polar surface area (TPSA) is 49.2 Å². The summed E-state index contributed by atoms with van der Waals surface area (Å²) in [6, 6.07) is 7.05. The van der Waals surface area contributed by atoms with Crippen molar-refractivity contribution in [1.82, 2.24) is 0 Å². The van der Waals surface area contributed by atoms with Crippen LogP contribution in [0, 0.1) is 0 Å². The molecule has 1 aliphatic heterocycles. The van der Waals surface area contributed by atoms with Gasteiger partial charge in [-0.2, -0.15) is 0 Å². The highest BCUT2D eigenvalue weighted by Crippen LogP contribution is 2.13. The van der Waals surface area contributed by atoms with E-state index in [1.807, 2.05) is 13.8 Å². The van der Waals surface area contributed by atoms with Crippen molar-refractivity contribution in [3.8, 4) is 5.75 Å². The van der Waals surface area contributed by atoms with Crippen LogP contribution in [0.4, 0.5) is 0 Å². The van der Waals surface area contributed by atoms with Crippen molar-refractivity contribution in [2.24, 2.45) is 0 Å². The SMILES string of the molecule is CCOc1ccc(C(=O)O[C@H](C)C[NH+]2CCOCC2)cc1. The van der Waals surface area contributed by atoms with Gasteiger partial charge in [0.2, 0.25) is 0 Å². The van der Waals surface area contributed by atoms with Crippen LogP contribution in [0.15, 0.2) is 24.3 Å². The Bertz CT molecular complexity index is 440. The molecule has 0 spiro atoms. The van der Waals surface area contributed by atoms with Crippen LogP contribution in [-0.4, -0.2) is 51.5 Å². The van der Waals surface area contributed by atoms with Crippen molar-refractivity contribution in [2.75, 3.05) is 39.5 Å². The van der Waals surface area contributed by atoms with E-state index in [4.69, 9.17) is 14.2 Å². The molecule has 1 aromatic carbocycles. The molecule has 1 heterocycles. The van der Waals surface area contributed by atoms with Crippen molar-refractivity contribution in [1.29, 1.82) is 0 Å². The lowest BCUT2D eigenvalue weighted by Gasteiger charge is -2.26. The number of benzene rings is 1. The van der Waals surface area contributed by atoms with Crippen LogP contribution in [0.25, 0.3) is 0 Å². The summed E-state index contributed by atoms with van der Waals surface area (Å²) >= 11 is 0. The second-order valence-electron chi connectivity index (χ2n) is 5.24. The fourth-order valence-corrected chi connectivity index (χ4v) is 2.42. The lowest BCUT2D eigenvalue weighted by Crippen LogP contribution is -3.15. The van der Waals surface area contributed by atoms with E-state index in [2.05, 4.69) is 0 Å². The summed E-state index contributed by atoms with van der Waals surface area (Å²) in [7, 11) is 0. The summed E-state index contributed by atoms with van der Waals surface area (Å²) in [4.78, 5) is 13.5. The molecule has 1 fully saturated rings. The van der Waals surface area contributed by atoms with Crippen molar-refractivity contribution in [2.45, 2.75) is 20.0 Å². The molecule has 1 saturated heterocycles. The Kier molecular flexibility index (Phi) is 6.02. The largest absolute Gasteiger partial charge is 0.494 e. The molecule has 0 radical (unpaired) electrons. The van der Waals surface area contributed by atoms with Gasteiger partial charge in [-0.3, -0.25) is 0 Å². The molecule has 5 nitrogen and oxygen atoms in total. The number of nitrogens with one attached hydrogen (secondary N) is 1. The molecule has 0 aromatic heterocycles. The lowest BCUT2D eigenvalue weighted by atomic mass is 10.2. The van der Waals surface area contributed by atoms with E-state index < -0.39 is 0 Å². The number of carbonyl (C=O) groups excluding carboxylic acids is 1. The molecular weight excluding hydrogens is 270 g/mol. The highest BCUT2D eigenvalue weighted by molar-refractivity contribution is 5.89. The minimum absolute atomic E-state index is 0.0998. The Morgan fingerprint density at radius 3 is 2.57 bits per heavy atom. The van der Waals surface area contributed by atoms with Gasteiger partial charge in [0.25, 0.3) is 0 Å². The van der Waals surface area contributed by atoms with Crippen LogP contribution < -0.4 is 9.64 Å². The second kappa shape index (κ2) is 8.00. The molecule has 116 valence electrons. The first kappa shape index (κ1) is 15.8. The lowest BCUT2D eigenvalue weighted by molar-refractivity contribution is -0.910. The van der Waals surface area contributed by atoms with E-state index in [1.54, 1.807) is 24.3 Å². The van der Waals surface area contributed by atoms with Crippen LogP contribution in [0.2, 0.25) is 0 Å². The van der Waals surface area contributed by atoms with Gasteiger partial charge in [-0.05, 0) is 38.1 Å². The van der Waals surface area contributed by atoms with Gasteiger partial charge in [0.15, 0.2) is 0 Å². The number of rotatable bonds is 6. The standard InChI is InChI=1S/C16H23NO4/c1-3-20-15-6-4-14(5-7-15)16(18)21-13(2)12-17-8-10-19-11-9-17/h4-7,13H,3,8-12H2,1-2H3/p+1/t13-/m1/s1. The number of morpholine rings is 1.